The van der Waals surface area contributed by atoms with Crippen molar-refractivity contribution in [3.05, 3.63) is 64.9 Å². The van der Waals surface area contributed by atoms with Crippen LogP contribution < -0.4 is 10.1 Å². The van der Waals surface area contributed by atoms with Crippen LogP contribution >= 0.6 is 11.3 Å². The van der Waals surface area contributed by atoms with E-state index in [1.165, 1.54) is 11.3 Å². The molecular weight excluding hydrogens is 424 g/mol. The highest BCUT2D eigenvalue weighted by molar-refractivity contribution is 7.13. The van der Waals surface area contributed by atoms with Crippen molar-refractivity contribution in [3.8, 4) is 27.8 Å². The van der Waals surface area contributed by atoms with Crippen LogP contribution in [-0.4, -0.2) is 27.6 Å². The maximum Gasteiger partial charge on any atom is 0.275 e. The Morgan fingerprint density at radius 3 is 2.62 bits per heavy atom. The van der Waals surface area contributed by atoms with Gasteiger partial charge in [-0.1, -0.05) is 31.1 Å². The summed E-state index contributed by atoms with van der Waals surface area (Å²) in [7, 11) is 0. The predicted molar refractivity (Wildman–Crippen MR) is 125 cm³/mol. The minimum Gasteiger partial charge on any atom is -0.494 e. The number of hydrogen-bond acceptors (Lipinski definition) is 7. The summed E-state index contributed by atoms with van der Waals surface area (Å²) in [6.07, 6.45) is 0. The van der Waals surface area contributed by atoms with Crippen LogP contribution in [0.15, 0.2) is 52.4 Å². The molecule has 0 spiro atoms. The number of para-hydroxylation sites is 1. The zero-order valence-electron chi connectivity index (χ0n) is 18.4. The number of rotatable bonds is 7. The van der Waals surface area contributed by atoms with Gasteiger partial charge in [-0.15, -0.1) is 11.3 Å². The van der Waals surface area contributed by atoms with Crippen molar-refractivity contribution in [2.45, 2.75) is 33.6 Å². The van der Waals surface area contributed by atoms with Crippen molar-refractivity contribution < 1.29 is 14.1 Å². The van der Waals surface area contributed by atoms with Crippen molar-refractivity contribution in [2.75, 3.05) is 11.9 Å². The number of carbonyl (C=O) groups excluding carboxylic acids is 1. The van der Waals surface area contributed by atoms with E-state index in [-0.39, 0.29) is 11.8 Å². The number of ether oxygens (including phenoxy) is 1. The summed E-state index contributed by atoms with van der Waals surface area (Å²) < 4.78 is 10.9. The molecule has 2 aromatic heterocycles. The largest absolute Gasteiger partial charge is 0.494 e. The number of aromatic nitrogens is 3. The van der Waals surface area contributed by atoms with E-state index >= 15 is 0 Å². The van der Waals surface area contributed by atoms with Crippen LogP contribution in [0.5, 0.6) is 5.75 Å². The highest BCUT2D eigenvalue weighted by atomic mass is 32.1. The molecule has 1 amide bonds. The van der Waals surface area contributed by atoms with Crippen LogP contribution in [0.1, 0.15) is 48.6 Å². The Bertz CT molecular complexity index is 1230. The van der Waals surface area contributed by atoms with Gasteiger partial charge in [0.2, 0.25) is 0 Å². The summed E-state index contributed by atoms with van der Waals surface area (Å²) in [4.78, 5) is 22.0. The molecule has 0 aliphatic rings. The summed E-state index contributed by atoms with van der Waals surface area (Å²) in [5.74, 6) is 1.66. The molecule has 0 bridgehead atoms. The van der Waals surface area contributed by atoms with Gasteiger partial charge in [0.05, 0.1) is 17.9 Å². The van der Waals surface area contributed by atoms with Gasteiger partial charge in [0.15, 0.2) is 5.82 Å². The molecule has 4 aromatic rings. The monoisotopic (exact) mass is 448 g/mol. The van der Waals surface area contributed by atoms with Crippen LogP contribution in [0.2, 0.25) is 0 Å². The number of nitrogens with one attached hydrogen (secondary N) is 1. The summed E-state index contributed by atoms with van der Waals surface area (Å²) in [5, 5.41) is 9.53. The quantitative estimate of drug-likeness (QED) is 0.376. The van der Waals surface area contributed by atoms with Gasteiger partial charge in [-0.05, 0) is 49.7 Å². The lowest BCUT2D eigenvalue weighted by Crippen LogP contribution is -2.14. The second kappa shape index (κ2) is 9.32. The van der Waals surface area contributed by atoms with Crippen LogP contribution in [0.3, 0.4) is 0 Å². The molecule has 32 heavy (non-hydrogen) atoms. The Morgan fingerprint density at radius 2 is 1.94 bits per heavy atom. The zero-order valence-corrected chi connectivity index (χ0v) is 19.2. The molecule has 0 saturated heterocycles. The first kappa shape index (κ1) is 21.7. The molecule has 1 N–H and O–H groups in total. The van der Waals surface area contributed by atoms with E-state index in [1.807, 2.05) is 70.2 Å². The minimum atomic E-state index is -0.294. The lowest BCUT2D eigenvalue weighted by Gasteiger charge is -2.10. The van der Waals surface area contributed by atoms with Crippen LogP contribution in [0, 0.1) is 6.92 Å². The first-order valence-electron chi connectivity index (χ1n) is 10.4. The maximum atomic E-state index is 13.0. The molecule has 7 nitrogen and oxygen atoms in total. The predicted octanol–water partition coefficient (Wildman–Crippen LogP) is 5.94. The lowest BCUT2D eigenvalue weighted by molar-refractivity contribution is 0.102. The molecule has 0 saturated carbocycles. The number of benzene rings is 2. The van der Waals surface area contributed by atoms with Crippen molar-refractivity contribution >= 4 is 22.9 Å². The molecule has 2 heterocycles. The van der Waals surface area contributed by atoms with Gasteiger partial charge in [0, 0.05) is 16.9 Å². The Morgan fingerprint density at radius 1 is 1.16 bits per heavy atom. The fourth-order valence-electron chi connectivity index (χ4n) is 3.14. The number of anilines is 1. The smallest absolute Gasteiger partial charge is 0.275 e. The molecule has 0 aliphatic carbocycles. The number of nitrogens with zero attached hydrogens (tertiary/aromatic N) is 3. The molecule has 0 unspecified atom stereocenters. The molecule has 0 atom stereocenters. The van der Waals surface area contributed by atoms with Crippen molar-refractivity contribution in [1.82, 2.24) is 15.1 Å². The van der Waals surface area contributed by atoms with Crippen LogP contribution in [0.4, 0.5) is 5.69 Å². The molecule has 8 heteroatoms. The zero-order chi connectivity index (χ0) is 22.7. The maximum absolute atomic E-state index is 13.0. The van der Waals surface area contributed by atoms with E-state index in [4.69, 9.17) is 9.26 Å². The highest BCUT2D eigenvalue weighted by Crippen LogP contribution is 2.32. The fraction of sp³-hybridized carbons (Fsp3) is 0.250. The second-order valence-electron chi connectivity index (χ2n) is 7.56. The van der Waals surface area contributed by atoms with Gasteiger partial charge in [0.1, 0.15) is 16.5 Å². The van der Waals surface area contributed by atoms with Crippen molar-refractivity contribution in [3.63, 3.8) is 0 Å². The summed E-state index contributed by atoms with van der Waals surface area (Å²) in [5.41, 5.74) is 3.48. The SMILES string of the molecule is CCOc1ccc(-c2nc(C(=O)Nc3c(C)cccc3-c3nc(C(C)C)no3)cs2)cc1. The third-order valence-corrected chi connectivity index (χ3v) is 5.74. The Labute approximate surface area is 190 Å². The Hall–Kier alpha value is -3.52. The minimum absolute atomic E-state index is 0.145. The molecule has 4 rings (SSSR count). The van der Waals surface area contributed by atoms with Gasteiger partial charge in [-0.3, -0.25) is 4.79 Å². The molecule has 0 aliphatic heterocycles. The average Bonchev–Trinajstić information content (AvgIpc) is 3.46. The number of carbonyl (C=O) groups is 1. The van der Waals surface area contributed by atoms with Gasteiger partial charge < -0.3 is 14.6 Å². The summed E-state index contributed by atoms with van der Waals surface area (Å²) in [6.45, 7) is 8.48. The van der Waals surface area contributed by atoms with Gasteiger partial charge >= 0.3 is 0 Å². The average molecular weight is 449 g/mol. The van der Waals surface area contributed by atoms with E-state index in [0.29, 0.717) is 35.3 Å². The third-order valence-electron chi connectivity index (χ3n) is 4.85. The Kier molecular flexibility index (Phi) is 6.32. The number of amides is 1. The Balaban J connectivity index is 1.57. The van der Waals surface area contributed by atoms with Crippen LogP contribution in [-0.2, 0) is 0 Å². The lowest BCUT2D eigenvalue weighted by atomic mass is 10.1. The number of hydrogen-bond donors (Lipinski definition) is 1. The summed E-state index contributed by atoms with van der Waals surface area (Å²) >= 11 is 1.42. The first-order valence-corrected chi connectivity index (χ1v) is 11.3. The van der Waals surface area contributed by atoms with Crippen molar-refractivity contribution in [1.29, 1.82) is 0 Å². The number of thiazole rings is 1. The highest BCUT2D eigenvalue weighted by Gasteiger charge is 2.19. The third kappa shape index (κ3) is 4.55. The van der Waals surface area contributed by atoms with E-state index in [1.54, 1.807) is 5.38 Å². The van der Waals surface area contributed by atoms with Crippen LogP contribution in [0.25, 0.3) is 22.0 Å². The second-order valence-corrected chi connectivity index (χ2v) is 8.42. The van der Waals surface area contributed by atoms with Gasteiger partial charge in [0.25, 0.3) is 11.8 Å². The molecule has 164 valence electrons. The van der Waals surface area contributed by atoms with E-state index < -0.39 is 0 Å². The standard InChI is InChI=1S/C24H24N4O3S/c1-5-30-17-11-9-16(10-12-17)24-25-19(13-32-24)22(29)26-20-15(4)7-6-8-18(20)23-27-21(14(2)3)28-31-23/h6-14H,5H2,1-4H3,(H,26,29). The van der Waals surface area contributed by atoms with E-state index in [9.17, 15) is 4.79 Å². The van der Waals surface area contributed by atoms with Crippen molar-refractivity contribution in [2.24, 2.45) is 0 Å². The summed E-state index contributed by atoms with van der Waals surface area (Å²) in [6, 6.07) is 13.3. The first-order chi connectivity index (χ1) is 15.5. The fourth-order valence-corrected chi connectivity index (χ4v) is 3.95. The normalized spacial score (nSPS) is 11.0. The van der Waals surface area contributed by atoms with Gasteiger partial charge in [-0.25, -0.2) is 4.98 Å². The topological polar surface area (TPSA) is 90.1 Å². The molecular formula is C24H24N4O3S. The molecule has 0 radical (unpaired) electrons. The van der Waals surface area contributed by atoms with E-state index in [0.717, 1.165) is 21.9 Å². The molecule has 2 aromatic carbocycles. The van der Waals surface area contributed by atoms with Gasteiger partial charge in [-0.2, -0.15) is 4.98 Å². The molecule has 0 fully saturated rings. The number of aryl methyl sites for hydroxylation is 1. The van der Waals surface area contributed by atoms with E-state index in [2.05, 4.69) is 20.4 Å².